The Morgan fingerprint density at radius 2 is 2.00 bits per heavy atom. The van der Waals surface area contributed by atoms with Crippen LogP contribution in [0.5, 0.6) is 0 Å². The Labute approximate surface area is 170 Å². The lowest BCUT2D eigenvalue weighted by Gasteiger charge is -2.55. The maximum Gasteiger partial charge on any atom is 0.322 e. The average Bonchev–Trinajstić information content (AvgIpc) is 3.32. The Morgan fingerprint density at radius 3 is 2.54 bits per heavy atom. The first-order chi connectivity index (χ1) is 13.3. The van der Waals surface area contributed by atoms with Crippen LogP contribution in [-0.2, 0) is 26.5 Å². The lowest BCUT2D eigenvalue weighted by Crippen LogP contribution is -2.67. The molecule has 28 heavy (non-hydrogen) atoms. The number of likely N-dealkylation sites (tertiary alicyclic amines) is 1. The summed E-state index contributed by atoms with van der Waals surface area (Å²) in [5.74, 6) is -2.05. The lowest BCUT2D eigenvalue weighted by molar-refractivity contribution is -0.216. The predicted octanol–water partition coefficient (Wildman–Crippen LogP) is 2.34. The number of halogens is 1. The van der Waals surface area contributed by atoms with Crippen molar-refractivity contribution in [1.29, 1.82) is 0 Å². The van der Waals surface area contributed by atoms with Crippen molar-refractivity contribution in [3.8, 4) is 0 Å². The second-order valence-corrected chi connectivity index (χ2v) is 8.96. The first-order valence-corrected chi connectivity index (χ1v) is 10.4. The molecular formula is C21H27ClN2O4. The predicted molar refractivity (Wildman–Crippen MR) is 104 cm³/mol. The van der Waals surface area contributed by atoms with Crippen LogP contribution in [0.15, 0.2) is 18.2 Å². The molecular weight excluding hydrogens is 380 g/mol. The number of amides is 1. The minimum absolute atomic E-state index is 0.0795. The number of rotatable bonds is 6. The van der Waals surface area contributed by atoms with Crippen molar-refractivity contribution in [3.05, 3.63) is 34.3 Å². The molecule has 3 unspecified atom stereocenters. The van der Waals surface area contributed by atoms with Crippen LogP contribution in [0.25, 0.3) is 0 Å². The molecule has 3 N–H and O–H groups in total. The van der Waals surface area contributed by atoms with Crippen molar-refractivity contribution < 1.29 is 19.4 Å². The summed E-state index contributed by atoms with van der Waals surface area (Å²) in [5.41, 5.74) is 4.37. The number of benzene rings is 1. The first kappa shape index (κ1) is 19.7. The van der Waals surface area contributed by atoms with Crippen LogP contribution in [0, 0.1) is 11.3 Å². The molecule has 152 valence electrons. The quantitative estimate of drug-likeness (QED) is 0.558. The number of hydrogen-bond donors (Lipinski definition) is 2. The Morgan fingerprint density at radius 1 is 1.32 bits per heavy atom. The first-order valence-electron chi connectivity index (χ1n) is 10.0. The smallest absolute Gasteiger partial charge is 0.322 e. The third-order valence-electron chi connectivity index (χ3n) is 6.75. The summed E-state index contributed by atoms with van der Waals surface area (Å²) < 4.78 is 5.36. The van der Waals surface area contributed by atoms with Crippen molar-refractivity contribution >= 4 is 23.5 Å². The number of aliphatic hydroxyl groups is 1. The van der Waals surface area contributed by atoms with E-state index < -0.39 is 28.8 Å². The van der Waals surface area contributed by atoms with E-state index >= 15 is 0 Å². The number of nitrogens with zero attached hydrogens (tertiary/aromatic N) is 1. The van der Waals surface area contributed by atoms with Crippen LogP contribution < -0.4 is 5.73 Å². The summed E-state index contributed by atoms with van der Waals surface area (Å²) in [4.78, 5) is 27.1. The van der Waals surface area contributed by atoms with E-state index in [0.717, 1.165) is 38.0 Å². The second kappa shape index (κ2) is 7.01. The molecule has 1 aliphatic heterocycles. The number of esters is 1. The van der Waals surface area contributed by atoms with E-state index in [0.29, 0.717) is 10.6 Å². The Balaban J connectivity index is 1.54. The summed E-state index contributed by atoms with van der Waals surface area (Å²) >= 11 is 6.49. The minimum Gasteiger partial charge on any atom is -0.462 e. The molecule has 2 saturated carbocycles. The minimum atomic E-state index is -1.49. The Hall–Kier alpha value is -1.63. The van der Waals surface area contributed by atoms with Crippen molar-refractivity contribution in [2.24, 2.45) is 17.1 Å². The molecule has 0 aromatic heterocycles. The lowest BCUT2D eigenvalue weighted by atomic mass is 9.49. The zero-order chi connectivity index (χ0) is 20.1. The van der Waals surface area contributed by atoms with E-state index in [-0.39, 0.29) is 12.5 Å². The van der Waals surface area contributed by atoms with Crippen LogP contribution >= 0.6 is 11.6 Å². The second-order valence-electron chi connectivity index (χ2n) is 8.55. The fourth-order valence-electron chi connectivity index (χ4n) is 4.58. The molecule has 4 rings (SSSR count). The molecule has 6 nitrogen and oxygen atoms in total. The topological polar surface area (TPSA) is 92.9 Å². The largest absolute Gasteiger partial charge is 0.462 e. The van der Waals surface area contributed by atoms with Gasteiger partial charge in [0, 0.05) is 23.9 Å². The van der Waals surface area contributed by atoms with Crippen LogP contribution in [0.1, 0.15) is 50.2 Å². The van der Waals surface area contributed by atoms with Gasteiger partial charge in [0.2, 0.25) is 5.91 Å². The Bertz CT molecular complexity index is 806. The molecule has 7 heteroatoms. The van der Waals surface area contributed by atoms with Gasteiger partial charge in [-0.1, -0.05) is 30.7 Å². The van der Waals surface area contributed by atoms with Gasteiger partial charge in [-0.25, -0.2) is 0 Å². The van der Waals surface area contributed by atoms with E-state index in [1.165, 1.54) is 12.8 Å². The highest BCUT2D eigenvalue weighted by atomic mass is 35.5. The number of ether oxygens (including phenoxy) is 1. The molecule has 0 radical (unpaired) electrons. The highest BCUT2D eigenvalue weighted by molar-refractivity contribution is 6.31. The van der Waals surface area contributed by atoms with Crippen molar-refractivity contribution in [1.82, 2.24) is 4.90 Å². The highest BCUT2D eigenvalue weighted by Gasteiger charge is 2.70. The zero-order valence-electron chi connectivity index (χ0n) is 16.1. The Kier molecular flexibility index (Phi) is 4.92. The van der Waals surface area contributed by atoms with Gasteiger partial charge in [-0.3, -0.25) is 14.5 Å². The van der Waals surface area contributed by atoms with Gasteiger partial charge in [0.25, 0.3) is 0 Å². The van der Waals surface area contributed by atoms with E-state index in [4.69, 9.17) is 22.1 Å². The highest BCUT2D eigenvalue weighted by Crippen LogP contribution is 2.60. The third kappa shape index (κ3) is 3.11. The molecule has 0 bridgehead atoms. The molecule has 1 saturated heterocycles. The van der Waals surface area contributed by atoms with Gasteiger partial charge in [0.1, 0.15) is 6.10 Å². The number of nitrogens with two attached hydrogens (primary N) is 1. The van der Waals surface area contributed by atoms with Crippen LogP contribution in [0.2, 0.25) is 5.02 Å². The summed E-state index contributed by atoms with van der Waals surface area (Å²) in [6.45, 7) is 4.60. The van der Waals surface area contributed by atoms with Gasteiger partial charge >= 0.3 is 5.97 Å². The van der Waals surface area contributed by atoms with Crippen molar-refractivity contribution in [3.63, 3.8) is 0 Å². The van der Waals surface area contributed by atoms with E-state index in [1.54, 1.807) is 13.0 Å². The van der Waals surface area contributed by atoms with Gasteiger partial charge in [-0.2, -0.15) is 0 Å². The summed E-state index contributed by atoms with van der Waals surface area (Å²) in [7, 11) is 0. The van der Waals surface area contributed by atoms with E-state index in [9.17, 15) is 14.7 Å². The van der Waals surface area contributed by atoms with Gasteiger partial charge in [-0.05, 0) is 56.0 Å². The van der Waals surface area contributed by atoms with Crippen LogP contribution in [0.4, 0.5) is 0 Å². The molecule has 1 heterocycles. The monoisotopic (exact) mass is 406 g/mol. The van der Waals surface area contributed by atoms with Gasteiger partial charge in [0.15, 0.2) is 5.41 Å². The molecule has 0 spiro atoms. The fraction of sp³-hybridized carbons (Fsp3) is 0.619. The molecule has 1 aromatic carbocycles. The SMILES string of the molecule is CC1C(C(N)=O)(C(=O)OC2CC2)CC1(O)c1ccc(CN2CCCC2)c(Cl)c1. The molecule has 1 aromatic rings. The summed E-state index contributed by atoms with van der Waals surface area (Å²) in [5, 5.41) is 11.8. The van der Waals surface area contributed by atoms with Gasteiger partial charge in [-0.15, -0.1) is 0 Å². The van der Waals surface area contributed by atoms with E-state index in [2.05, 4.69) is 4.90 Å². The van der Waals surface area contributed by atoms with E-state index in [1.807, 2.05) is 12.1 Å². The zero-order valence-corrected chi connectivity index (χ0v) is 16.9. The summed E-state index contributed by atoms with van der Waals surface area (Å²) in [6, 6.07) is 5.51. The summed E-state index contributed by atoms with van der Waals surface area (Å²) in [6.07, 6.45) is 3.84. The molecule has 2 aliphatic carbocycles. The molecule has 3 atom stereocenters. The normalized spacial score (nSPS) is 32.8. The molecule has 3 aliphatic rings. The molecule has 3 fully saturated rings. The number of hydrogen-bond acceptors (Lipinski definition) is 5. The standard InChI is InChI=1S/C21H27ClN2O4/c1-13-20(18(23)25,19(26)28-16-6-7-16)12-21(13,27)15-5-4-14(17(22)10-15)11-24-8-2-3-9-24/h4-5,10,13,16,27H,2-3,6-9,11-12H2,1H3,(H2,23,25). The number of carbonyl (C=O) groups is 2. The third-order valence-corrected chi connectivity index (χ3v) is 7.10. The number of primary amides is 1. The average molecular weight is 407 g/mol. The molecule has 1 amide bonds. The van der Waals surface area contributed by atoms with Crippen LogP contribution in [0.3, 0.4) is 0 Å². The maximum atomic E-state index is 12.6. The fourth-order valence-corrected chi connectivity index (χ4v) is 4.82. The van der Waals surface area contributed by atoms with Crippen LogP contribution in [-0.4, -0.2) is 41.1 Å². The maximum absolute atomic E-state index is 12.6. The van der Waals surface area contributed by atoms with Crippen molar-refractivity contribution in [2.45, 2.75) is 57.3 Å². The van der Waals surface area contributed by atoms with Gasteiger partial charge < -0.3 is 15.6 Å². The number of carbonyl (C=O) groups excluding carboxylic acids is 2. The van der Waals surface area contributed by atoms with Crippen molar-refractivity contribution in [2.75, 3.05) is 13.1 Å². The van der Waals surface area contributed by atoms with Gasteiger partial charge in [0.05, 0.1) is 5.60 Å².